The third-order valence-corrected chi connectivity index (χ3v) is 3.94. The minimum absolute atomic E-state index is 0.0790. The zero-order valence-corrected chi connectivity index (χ0v) is 13.7. The maximum Gasteiger partial charge on any atom is 0.339 e. The second kappa shape index (κ2) is 6.80. The molecule has 1 aliphatic rings. The number of amides is 2. The zero-order chi connectivity index (χ0) is 18.0. The van der Waals surface area contributed by atoms with E-state index in [0.29, 0.717) is 22.6 Å². The number of hydrogen-bond donors (Lipinski definition) is 3. The van der Waals surface area contributed by atoms with Gasteiger partial charge in [-0.15, -0.1) is 0 Å². The van der Waals surface area contributed by atoms with Gasteiger partial charge in [-0.25, -0.2) is 4.79 Å². The van der Waals surface area contributed by atoms with E-state index in [2.05, 4.69) is 10.6 Å². The number of hydrogen-bond acceptors (Lipinski definition) is 4. The second-order valence-electron chi connectivity index (χ2n) is 6.00. The number of carbonyl (C=O) groups is 3. The molecule has 25 heavy (non-hydrogen) atoms. The lowest BCUT2D eigenvalue weighted by atomic mass is 10.1. The van der Waals surface area contributed by atoms with Crippen LogP contribution in [0, 0.1) is 6.92 Å². The van der Waals surface area contributed by atoms with Gasteiger partial charge in [0.25, 0.3) is 11.8 Å². The summed E-state index contributed by atoms with van der Waals surface area (Å²) in [6, 6.07) is 8.03. The maximum absolute atomic E-state index is 12.1. The molecule has 0 unspecified atom stereocenters. The summed E-state index contributed by atoms with van der Waals surface area (Å²) >= 11 is 0. The highest BCUT2D eigenvalue weighted by molar-refractivity contribution is 5.98. The van der Waals surface area contributed by atoms with Crippen molar-refractivity contribution in [1.29, 1.82) is 0 Å². The molecular weight excluding hydrogens is 324 g/mol. The van der Waals surface area contributed by atoms with Gasteiger partial charge in [0.05, 0.1) is 6.54 Å². The van der Waals surface area contributed by atoms with Gasteiger partial charge >= 0.3 is 5.97 Å². The van der Waals surface area contributed by atoms with E-state index in [1.54, 1.807) is 31.2 Å². The first-order valence-corrected chi connectivity index (χ1v) is 7.96. The Hall–Kier alpha value is -3.09. The normalized spacial score (nSPS) is 13.3. The molecule has 0 spiro atoms. The molecule has 7 heteroatoms. The van der Waals surface area contributed by atoms with E-state index in [1.807, 2.05) is 0 Å². The van der Waals surface area contributed by atoms with Crippen LogP contribution in [-0.2, 0) is 6.54 Å². The summed E-state index contributed by atoms with van der Waals surface area (Å²) < 4.78 is 5.31. The molecule has 0 radical (unpaired) electrons. The summed E-state index contributed by atoms with van der Waals surface area (Å²) in [7, 11) is 0. The number of benzene rings is 1. The van der Waals surface area contributed by atoms with Gasteiger partial charge in [-0.2, -0.15) is 0 Å². The molecule has 0 atom stereocenters. The third-order valence-electron chi connectivity index (χ3n) is 3.94. The van der Waals surface area contributed by atoms with E-state index >= 15 is 0 Å². The van der Waals surface area contributed by atoms with Crippen molar-refractivity contribution in [3.05, 3.63) is 58.5 Å². The molecular formula is C18H18N2O5. The number of aromatic carboxylic acids is 1. The Morgan fingerprint density at radius 2 is 1.72 bits per heavy atom. The number of aryl methyl sites for hydroxylation is 1. The third kappa shape index (κ3) is 4.06. The number of furan rings is 1. The predicted octanol–water partition coefficient (Wildman–Crippen LogP) is 2.11. The number of nitrogens with one attached hydrogen (secondary N) is 2. The van der Waals surface area contributed by atoms with Gasteiger partial charge in [0.15, 0.2) is 0 Å². The van der Waals surface area contributed by atoms with Crippen molar-refractivity contribution < 1.29 is 23.9 Å². The fourth-order valence-electron chi connectivity index (χ4n) is 2.38. The highest BCUT2D eigenvalue weighted by Gasteiger charge is 2.23. The monoisotopic (exact) mass is 342 g/mol. The van der Waals surface area contributed by atoms with E-state index < -0.39 is 5.97 Å². The predicted molar refractivity (Wildman–Crippen MR) is 88.5 cm³/mol. The highest BCUT2D eigenvalue weighted by Crippen LogP contribution is 2.19. The molecule has 3 rings (SSSR count). The SMILES string of the molecule is Cc1oc(CNC(=O)c2ccc(C(=O)NC3CC3)cc2)cc1C(=O)O. The molecule has 130 valence electrons. The molecule has 1 saturated carbocycles. The number of carboxylic acid groups (broad SMARTS) is 1. The average molecular weight is 342 g/mol. The molecule has 3 N–H and O–H groups in total. The minimum Gasteiger partial charge on any atom is -0.478 e. The van der Waals surface area contributed by atoms with Gasteiger partial charge < -0.3 is 20.2 Å². The van der Waals surface area contributed by atoms with Crippen molar-refractivity contribution in [2.75, 3.05) is 0 Å². The molecule has 0 bridgehead atoms. The lowest BCUT2D eigenvalue weighted by Gasteiger charge is -2.06. The van der Waals surface area contributed by atoms with Crippen LogP contribution in [0.1, 0.15) is 55.4 Å². The van der Waals surface area contributed by atoms with E-state index in [1.165, 1.54) is 6.07 Å². The van der Waals surface area contributed by atoms with Gasteiger partial charge in [-0.3, -0.25) is 9.59 Å². The van der Waals surface area contributed by atoms with Crippen LogP contribution in [0.15, 0.2) is 34.7 Å². The smallest absolute Gasteiger partial charge is 0.339 e. The van der Waals surface area contributed by atoms with Crippen molar-refractivity contribution >= 4 is 17.8 Å². The largest absolute Gasteiger partial charge is 0.478 e. The lowest BCUT2D eigenvalue weighted by Crippen LogP contribution is -2.26. The van der Waals surface area contributed by atoms with Gasteiger partial charge in [0, 0.05) is 17.2 Å². The van der Waals surface area contributed by atoms with E-state index in [-0.39, 0.29) is 30.0 Å². The standard InChI is InChI=1S/C18H18N2O5/c1-10-15(18(23)24)8-14(25-10)9-19-16(21)11-2-4-12(5-3-11)17(22)20-13-6-7-13/h2-5,8,13H,6-7,9H2,1H3,(H,19,21)(H,20,22)(H,23,24). The molecule has 1 aromatic carbocycles. The van der Waals surface area contributed by atoms with Gasteiger partial charge in [-0.05, 0) is 50.1 Å². The first kappa shape index (κ1) is 16.8. The van der Waals surface area contributed by atoms with Crippen molar-refractivity contribution in [3.8, 4) is 0 Å². The lowest BCUT2D eigenvalue weighted by molar-refractivity contribution is 0.0694. The van der Waals surface area contributed by atoms with Crippen LogP contribution in [0.5, 0.6) is 0 Å². The molecule has 1 aromatic heterocycles. The summed E-state index contributed by atoms with van der Waals surface area (Å²) in [5, 5.41) is 14.5. The van der Waals surface area contributed by atoms with Crippen LogP contribution >= 0.6 is 0 Å². The van der Waals surface area contributed by atoms with Crippen LogP contribution in [0.3, 0.4) is 0 Å². The summed E-state index contributed by atoms with van der Waals surface area (Å²) in [4.78, 5) is 35.0. The van der Waals surface area contributed by atoms with Crippen LogP contribution in [0.4, 0.5) is 0 Å². The molecule has 0 aliphatic heterocycles. The van der Waals surface area contributed by atoms with Crippen molar-refractivity contribution in [3.63, 3.8) is 0 Å². The fraction of sp³-hybridized carbons (Fsp3) is 0.278. The van der Waals surface area contributed by atoms with E-state index in [0.717, 1.165) is 12.8 Å². The Kier molecular flexibility index (Phi) is 4.56. The summed E-state index contributed by atoms with van der Waals surface area (Å²) in [5.41, 5.74) is 0.996. The van der Waals surface area contributed by atoms with Gasteiger partial charge in [-0.1, -0.05) is 0 Å². The molecule has 2 aromatic rings. The van der Waals surface area contributed by atoms with E-state index in [4.69, 9.17) is 9.52 Å². The summed E-state index contributed by atoms with van der Waals surface area (Å²) in [6.07, 6.45) is 2.03. The quantitative estimate of drug-likeness (QED) is 0.745. The Bertz CT molecular complexity index is 818. The molecule has 0 saturated heterocycles. The molecule has 1 heterocycles. The Morgan fingerprint density at radius 3 is 2.24 bits per heavy atom. The fourth-order valence-corrected chi connectivity index (χ4v) is 2.38. The zero-order valence-electron chi connectivity index (χ0n) is 13.7. The van der Waals surface area contributed by atoms with Gasteiger partial charge in [0.2, 0.25) is 0 Å². The Balaban J connectivity index is 1.58. The summed E-state index contributed by atoms with van der Waals surface area (Å²) in [6.45, 7) is 1.64. The molecule has 7 nitrogen and oxygen atoms in total. The Morgan fingerprint density at radius 1 is 1.12 bits per heavy atom. The highest BCUT2D eigenvalue weighted by atomic mass is 16.4. The van der Waals surface area contributed by atoms with Crippen molar-refractivity contribution in [2.24, 2.45) is 0 Å². The summed E-state index contributed by atoms with van der Waals surface area (Å²) in [5.74, 6) is -0.882. The average Bonchev–Trinajstić information content (AvgIpc) is 3.32. The van der Waals surface area contributed by atoms with Crippen LogP contribution < -0.4 is 10.6 Å². The van der Waals surface area contributed by atoms with Crippen molar-refractivity contribution in [2.45, 2.75) is 32.4 Å². The van der Waals surface area contributed by atoms with Crippen molar-refractivity contribution in [1.82, 2.24) is 10.6 Å². The first-order valence-electron chi connectivity index (χ1n) is 7.96. The topological polar surface area (TPSA) is 109 Å². The van der Waals surface area contributed by atoms with Crippen LogP contribution in [0.2, 0.25) is 0 Å². The molecule has 2 amide bonds. The minimum atomic E-state index is -1.07. The first-order chi connectivity index (χ1) is 11.9. The molecule has 1 fully saturated rings. The van der Waals surface area contributed by atoms with Crippen LogP contribution in [0.25, 0.3) is 0 Å². The van der Waals surface area contributed by atoms with Gasteiger partial charge in [0.1, 0.15) is 17.1 Å². The second-order valence-corrected chi connectivity index (χ2v) is 6.00. The number of carboxylic acids is 1. The number of rotatable bonds is 6. The van der Waals surface area contributed by atoms with E-state index in [9.17, 15) is 14.4 Å². The Labute approximate surface area is 144 Å². The molecule has 1 aliphatic carbocycles. The van der Waals surface area contributed by atoms with Crippen LogP contribution in [-0.4, -0.2) is 28.9 Å². The maximum atomic E-state index is 12.1. The number of carbonyl (C=O) groups excluding carboxylic acids is 2.